The molecule has 0 radical (unpaired) electrons. The zero-order chi connectivity index (χ0) is 17.4. The summed E-state index contributed by atoms with van der Waals surface area (Å²) < 4.78 is 5.05. The van der Waals surface area contributed by atoms with Crippen molar-refractivity contribution in [2.75, 3.05) is 19.0 Å². The summed E-state index contributed by atoms with van der Waals surface area (Å²) in [7, 11) is 1.58. The second kappa shape index (κ2) is 8.72. The van der Waals surface area contributed by atoms with Gasteiger partial charge in [-0.1, -0.05) is 12.1 Å². The van der Waals surface area contributed by atoms with Crippen molar-refractivity contribution in [3.63, 3.8) is 0 Å². The first-order valence-electron chi connectivity index (χ1n) is 7.87. The maximum atomic E-state index is 12.0. The Morgan fingerprint density at radius 2 is 1.83 bits per heavy atom. The van der Waals surface area contributed by atoms with Crippen LogP contribution in [0.1, 0.15) is 28.8 Å². The molecule has 0 unspecified atom stereocenters. The Kier molecular flexibility index (Phi) is 6.37. The quantitative estimate of drug-likeness (QED) is 0.768. The minimum Gasteiger partial charge on any atom is -0.497 e. The number of ether oxygens (including phenoxy) is 1. The number of rotatable bonds is 7. The number of anilines is 1. The van der Waals surface area contributed by atoms with Crippen LogP contribution in [0.15, 0.2) is 48.5 Å². The molecule has 0 aliphatic rings. The first-order valence-corrected chi connectivity index (χ1v) is 7.87. The second-order valence-corrected chi connectivity index (χ2v) is 5.51. The maximum Gasteiger partial charge on any atom is 0.251 e. The molecule has 0 atom stereocenters. The van der Waals surface area contributed by atoms with Crippen LogP contribution in [0.25, 0.3) is 0 Å². The first-order chi connectivity index (χ1) is 11.6. The maximum absolute atomic E-state index is 12.0. The molecule has 2 rings (SSSR count). The van der Waals surface area contributed by atoms with Crippen LogP contribution in [0.4, 0.5) is 5.69 Å². The molecular weight excluding hydrogens is 304 g/mol. The molecule has 0 aromatic heterocycles. The third kappa shape index (κ3) is 5.43. The van der Waals surface area contributed by atoms with Crippen LogP contribution in [0, 0.1) is 6.92 Å². The van der Waals surface area contributed by atoms with Gasteiger partial charge in [0.15, 0.2) is 0 Å². The fourth-order valence-electron chi connectivity index (χ4n) is 2.24. The van der Waals surface area contributed by atoms with Crippen molar-refractivity contribution in [1.29, 1.82) is 0 Å². The monoisotopic (exact) mass is 326 g/mol. The smallest absolute Gasteiger partial charge is 0.251 e. The molecule has 2 amide bonds. The van der Waals surface area contributed by atoms with Crippen molar-refractivity contribution in [3.05, 3.63) is 59.7 Å². The summed E-state index contributed by atoms with van der Waals surface area (Å²) in [5.74, 6) is 0.496. The van der Waals surface area contributed by atoms with Gasteiger partial charge in [0.25, 0.3) is 5.91 Å². The standard InChI is InChI=1S/C19H22N2O3/c1-14-5-3-6-16(13-14)21-18(22)7-4-12-20-19(23)15-8-10-17(24-2)11-9-15/h3,5-6,8-11,13H,4,7,12H2,1-2H3,(H,20,23)(H,21,22). The van der Waals surface area contributed by atoms with Crippen molar-refractivity contribution in [3.8, 4) is 5.75 Å². The molecule has 2 aromatic carbocycles. The molecule has 0 bridgehead atoms. The lowest BCUT2D eigenvalue weighted by molar-refractivity contribution is -0.116. The van der Waals surface area contributed by atoms with E-state index >= 15 is 0 Å². The van der Waals surface area contributed by atoms with Gasteiger partial charge in [-0.3, -0.25) is 9.59 Å². The van der Waals surface area contributed by atoms with Crippen LogP contribution in [0.3, 0.4) is 0 Å². The van der Waals surface area contributed by atoms with Crippen LogP contribution in [-0.2, 0) is 4.79 Å². The van der Waals surface area contributed by atoms with Crippen molar-refractivity contribution in [1.82, 2.24) is 5.32 Å². The Morgan fingerprint density at radius 1 is 1.08 bits per heavy atom. The minimum absolute atomic E-state index is 0.0562. The van der Waals surface area contributed by atoms with E-state index in [-0.39, 0.29) is 11.8 Å². The normalized spacial score (nSPS) is 10.1. The number of carbonyl (C=O) groups is 2. The highest BCUT2D eigenvalue weighted by Gasteiger charge is 2.06. The second-order valence-electron chi connectivity index (χ2n) is 5.51. The lowest BCUT2D eigenvalue weighted by atomic mass is 10.2. The molecule has 0 saturated carbocycles. The van der Waals surface area contributed by atoms with Crippen molar-refractivity contribution >= 4 is 17.5 Å². The Labute approximate surface area is 142 Å². The molecule has 0 aliphatic carbocycles. The van der Waals surface area contributed by atoms with E-state index in [0.717, 1.165) is 11.3 Å². The van der Waals surface area contributed by atoms with Gasteiger partial charge < -0.3 is 15.4 Å². The van der Waals surface area contributed by atoms with Crippen molar-refractivity contribution < 1.29 is 14.3 Å². The van der Waals surface area contributed by atoms with Crippen molar-refractivity contribution in [2.24, 2.45) is 0 Å². The third-order valence-corrected chi connectivity index (χ3v) is 3.52. The van der Waals surface area contributed by atoms with E-state index in [1.165, 1.54) is 0 Å². The molecule has 126 valence electrons. The van der Waals surface area contributed by atoms with Gasteiger partial charge >= 0.3 is 0 Å². The van der Waals surface area contributed by atoms with Crippen LogP contribution in [-0.4, -0.2) is 25.5 Å². The van der Waals surface area contributed by atoms with Crippen LogP contribution in [0.5, 0.6) is 5.75 Å². The van der Waals surface area contributed by atoms with Gasteiger partial charge in [-0.2, -0.15) is 0 Å². The molecule has 0 saturated heterocycles. The molecular formula is C19H22N2O3. The molecule has 2 aromatic rings. The molecule has 0 aliphatic heterocycles. The molecule has 24 heavy (non-hydrogen) atoms. The number of nitrogens with one attached hydrogen (secondary N) is 2. The zero-order valence-electron chi connectivity index (χ0n) is 14.0. The lowest BCUT2D eigenvalue weighted by Gasteiger charge is -2.07. The topological polar surface area (TPSA) is 67.4 Å². The van der Waals surface area contributed by atoms with E-state index in [4.69, 9.17) is 4.74 Å². The van der Waals surface area contributed by atoms with Gasteiger partial charge in [-0.15, -0.1) is 0 Å². The fraction of sp³-hybridized carbons (Fsp3) is 0.263. The molecule has 2 N–H and O–H groups in total. The van der Waals surface area contributed by atoms with Gasteiger partial charge in [-0.25, -0.2) is 0 Å². The fourth-order valence-corrected chi connectivity index (χ4v) is 2.24. The summed E-state index contributed by atoms with van der Waals surface area (Å²) in [6, 6.07) is 14.6. The molecule has 0 fully saturated rings. The Bertz CT molecular complexity index is 696. The van der Waals surface area contributed by atoms with E-state index in [1.54, 1.807) is 31.4 Å². The highest BCUT2D eigenvalue weighted by Crippen LogP contribution is 2.11. The largest absolute Gasteiger partial charge is 0.497 e. The summed E-state index contributed by atoms with van der Waals surface area (Å²) in [4.78, 5) is 23.8. The van der Waals surface area contributed by atoms with Gasteiger partial charge in [0.2, 0.25) is 5.91 Å². The summed E-state index contributed by atoms with van der Waals surface area (Å²) in [5.41, 5.74) is 2.46. The van der Waals surface area contributed by atoms with Gasteiger partial charge in [0.05, 0.1) is 7.11 Å². The van der Waals surface area contributed by atoms with Crippen LogP contribution >= 0.6 is 0 Å². The SMILES string of the molecule is COc1ccc(C(=O)NCCCC(=O)Nc2cccc(C)c2)cc1. The summed E-state index contributed by atoms with van der Waals surface area (Å²) >= 11 is 0. The average Bonchev–Trinajstić information content (AvgIpc) is 2.58. The summed E-state index contributed by atoms with van der Waals surface area (Å²) in [6.45, 7) is 2.43. The first kappa shape index (κ1) is 17.5. The van der Waals surface area contributed by atoms with Crippen LogP contribution < -0.4 is 15.4 Å². The molecule has 0 heterocycles. The number of methoxy groups -OCH3 is 1. The molecule has 5 heteroatoms. The average molecular weight is 326 g/mol. The zero-order valence-corrected chi connectivity index (χ0v) is 14.0. The summed E-state index contributed by atoms with van der Waals surface area (Å²) in [5, 5.41) is 5.65. The van der Waals surface area contributed by atoms with Crippen molar-refractivity contribution in [2.45, 2.75) is 19.8 Å². The number of amides is 2. The number of hydrogen-bond donors (Lipinski definition) is 2. The number of carbonyl (C=O) groups excluding carboxylic acids is 2. The van der Waals surface area contributed by atoms with E-state index in [0.29, 0.717) is 30.7 Å². The Morgan fingerprint density at radius 3 is 2.50 bits per heavy atom. The number of benzene rings is 2. The Balaban J connectivity index is 1.70. The highest BCUT2D eigenvalue weighted by molar-refractivity contribution is 5.94. The number of aryl methyl sites for hydroxylation is 1. The van der Waals surface area contributed by atoms with Crippen LogP contribution in [0.2, 0.25) is 0 Å². The Hall–Kier alpha value is -2.82. The summed E-state index contributed by atoms with van der Waals surface area (Å²) in [6.07, 6.45) is 0.941. The lowest BCUT2D eigenvalue weighted by Crippen LogP contribution is -2.25. The predicted molar refractivity (Wildman–Crippen MR) is 94.4 cm³/mol. The van der Waals surface area contributed by atoms with E-state index < -0.39 is 0 Å². The highest BCUT2D eigenvalue weighted by atomic mass is 16.5. The third-order valence-electron chi connectivity index (χ3n) is 3.52. The molecule has 5 nitrogen and oxygen atoms in total. The van der Waals surface area contributed by atoms with E-state index in [9.17, 15) is 9.59 Å². The number of hydrogen-bond acceptors (Lipinski definition) is 3. The van der Waals surface area contributed by atoms with Gasteiger partial charge in [-0.05, 0) is 55.3 Å². The molecule has 0 spiro atoms. The van der Waals surface area contributed by atoms with Gasteiger partial charge in [0, 0.05) is 24.2 Å². The predicted octanol–water partition coefficient (Wildman–Crippen LogP) is 3.15. The minimum atomic E-state index is -0.156. The van der Waals surface area contributed by atoms with E-state index in [1.807, 2.05) is 31.2 Å². The van der Waals surface area contributed by atoms with Gasteiger partial charge in [0.1, 0.15) is 5.75 Å². The van der Waals surface area contributed by atoms with E-state index in [2.05, 4.69) is 10.6 Å².